The van der Waals surface area contributed by atoms with Gasteiger partial charge in [0.15, 0.2) is 0 Å². The third kappa shape index (κ3) is 3.18. The molecule has 3 aromatic rings. The highest BCUT2D eigenvalue weighted by atomic mass is 32.2. The summed E-state index contributed by atoms with van der Waals surface area (Å²) in [5.74, 6) is 0.513. The Labute approximate surface area is 138 Å². The second-order valence-corrected chi connectivity index (χ2v) is 6.69. The highest BCUT2D eigenvalue weighted by Gasteiger charge is 2.12. The third-order valence-electron chi connectivity index (χ3n) is 3.34. The molecule has 22 heavy (non-hydrogen) atoms. The van der Waals surface area contributed by atoms with Gasteiger partial charge in [-0.1, -0.05) is 30.3 Å². The molecule has 0 amide bonds. The first-order chi connectivity index (χ1) is 10.8. The Balaban J connectivity index is 1.82. The lowest BCUT2D eigenvalue weighted by Crippen LogP contribution is -2.07. The standard InChI is InChI=1S/C18H16O2S2/c1-2-20-18(19)15-8-4-3-6-14(15)12-22-16-9-5-7-13-10-11-21-17(13)16/h3-11H,2,12H2,1H3. The number of thioether (sulfide) groups is 1. The molecule has 0 atom stereocenters. The molecule has 4 heteroatoms. The van der Waals surface area contributed by atoms with E-state index >= 15 is 0 Å². The maximum Gasteiger partial charge on any atom is 0.338 e. The molecular weight excluding hydrogens is 312 g/mol. The molecule has 0 unspecified atom stereocenters. The summed E-state index contributed by atoms with van der Waals surface area (Å²) in [6.45, 7) is 2.22. The van der Waals surface area contributed by atoms with Gasteiger partial charge in [-0.05, 0) is 41.5 Å². The Morgan fingerprint density at radius 1 is 1.14 bits per heavy atom. The molecule has 0 spiro atoms. The van der Waals surface area contributed by atoms with Crippen LogP contribution in [0.5, 0.6) is 0 Å². The van der Waals surface area contributed by atoms with Gasteiger partial charge in [0.1, 0.15) is 0 Å². The molecule has 0 saturated heterocycles. The van der Waals surface area contributed by atoms with Crippen LogP contribution in [0, 0.1) is 0 Å². The minimum atomic E-state index is -0.243. The van der Waals surface area contributed by atoms with Crippen molar-refractivity contribution in [3.05, 3.63) is 65.0 Å². The molecule has 0 aliphatic carbocycles. The van der Waals surface area contributed by atoms with Gasteiger partial charge in [-0.15, -0.1) is 23.1 Å². The number of thiophene rings is 1. The van der Waals surface area contributed by atoms with Crippen LogP contribution in [0.4, 0.5) is 0 Å². The van der Waals surface area contributed by atoms with Crippen LogP contribution in [-0.4, -0.2) is 12.6 Å². The fourth-order valence-electron chi connectivity index (χ4n) is 2.29. The number of benzene rings is 2. The van der Waals surface area contributed by atoms with E-state index in [2.05, 4.69) is 29.6 Å². The van der Waals surface area contributed by atoms with Crippen LogP contribution >= 0.6 is 23.1 Å². The van der Waals surface area contributed by atoms with Gasteiger partial charge in [0.25, 0.3) is 0 Å². The predicted octanol–water partition coefficient (Wildman–Crippen LogP) is 5.37. The van der Waals surface area contributed by atoms with Gasteiger partial charge in [0.2, 0.25) is 0 Å². The second-order valence-electron chi connectivity index (χ2n) is 4.76. The molecule has 0 N–H and O–H groups in total. The number of carbonyl (C=O) groups excluding carboxylic acids is 1. The molecule has 0 aliphatic rings. The average molecular weight is 328 g/mol. The zero-order valence-corrected chi connectivity index (χ0v) is 13.9. The van der Waals surface area contributed by atoms with Gasteiger partial charge in [-0.3, -0.25) is 0 Å². The molecule has 1 heterocycles. The van der Waals surface area contributed by atoms with Crippen LogP contribution < -0.4 is 0 Å². The van der Waals surface area contributed by atoms with Gasteiger partial charge in [0.05, 0.1) is 12.2 Å². The Morgan fingerprint density at radius 3 is 2.86 bits per heavy atom. The summed E-state index contributed by atoms with van der Waals surface area (Å²) in [5.41, 5.74) is 1.68. The van der Waals surface area contributed by atoms with E-state index in [0.717, 1.165) is 11.3 Å². The minimum absolute atomic E-state index is 0.243. The van der Waals surface area contributed by atoms with Crippen molar-refractivity contribution < 1.29 is 9.53 Å². The summed E-state index contributed by atoms with van der Waals surface area (Å²) in [4.78, 5) is 13.3. The van der Waals surface area contributed by atoms with Crippen molar-refractivity contribution >= 4 is 39.2 Å². The minimum Gasteiger partial charge on any atom is -0.462 e. The Morgan fingerprint density at radius 2 is 2.00 bits per heavy atom. The largest absolute Gasteiger partial charge is 0.462 e. The van der Waals surface area contributed by atoms with E-state index in [4.69, 9.17) is 4.74 Å². The average Bonchev–Trinajstić information content (AvgIpc) is 3.02. The van der Waals surface area contributed by atoms with Crippen molar-refractivity contribution in [2.24, 2.45) is 0 Å². The van der Waals surface area contributed by atoms with Gasteiger partial charge >= 0.3 is 5.97 Å². The summed E-state index contributed by atoms with van der Waals surface area (Å²) < 4.78 is 6.44. The molecule has 0 bridgehead atoms. The normalized spacial score (nSPS) is 10.8. The monoisotopic (exact) mass is 328 g/mol. The lowest BCUT2D eigenvalue weighted by atomic mass is 10.1. The molecule has 0 aliphatic heterocycles. The highest BCUT2D eigenvalue weighted by molar-refractivity contribution is 7.98. The summed E-state index contributed by atoms with van der Waals surface area (Å²) in [6, 6.07) is 16.1. The molecule has 1 aromatic heterocycles. The Bertz CT molecular complexity index is 792. The molecule has 2 nitrogen and oxygen atoms in total. The quantitative estimate of drug-likeness (QED) is 0.465. The van der Waals surface area contributed by atoms with Gasteiger partial charge in [0, 0.05) is 15.3 Å². The van der Waals surface area contributed by atoms with Crippen molar-refractivity contribution in [2.45, 2.75) is 17.6 Å². The lowest BCUT2D eigenvalue weighted by Gasteiger charge is -2.09. The summed E-state index contributed by atoms with van der Waals surface area (Å²) in [5, 5.41) is 3.38. The molecule has 112 valence electrons. The second kappa shape index (κ2) is 6.99. The van der Waals surface area contributed by atoms with Crippen molar-refractivity contribution in [2.75, 3.05) is 6.61 Å². The molecule has 0 saturated carbocycles. The first kappa shape index (κ1) is 15.1. The van der Waals surface area contributed by atoms with Crippen LogP contribution in [0.1, 0.15) is 22.8 Å². The van der Waals surface area contributed by atoms with Gasteiger partial charge in [-0.2, -0.15) is 0 Å². The van der Waals surface area contributed by atoms with E-state index < -0.39 is 0 Å². The van der Waals surface area contributed by atoms with E-state index in [1.54, 1.807) is 23.1 Å². The fourth-order valence-corrected chi connectivity index (χ4v) is 4.40. The highest BCUT2D eigenvalue weighted by Crippen LogP contribution is 2.34. The Hall–Kier alpha value is -1.78. The van der Waals surface area contributed by atoms with Crippen LogP contribution in [0.3, 0.4) is 0 Å². The van der Waals surface area contributed by atoms with Gasteiger partial charge < -0.3 is 4.74 Å². The van der Waals surface area contributed by atoms with Crippen LogP contribution in [-0.2, 0) is 10.5 Å². The number of rotatable bonds is 5. The summed E-state index contributed by atoms with van der Waals surface area (Å²) >= 11 is 3.52. The smallest absolute Gasteiger partial charge is 0.338 e. The molecule has 3 rings (SSSR count). The van der Waals surface area contributed by atoms with Crippen molar-refractivity contribution in [1.29, 1.82) is 0 Å². The zero-order valence-electron chi connectivity index (χ0n) is 12.2. The van der Waals surface area contributed by atoms with E-state index in [1.807, 2.05) is 31.2 Å². The number of hydrogen-bond acceptors (Lipinski definition) is 4. The third-order valence-corrected chi connectivity index (χ3v) is 5.54. The molecule has 2 aromatic carbocycles. The number of esters is 1. The number of carbonyl (C=O) groups is 1. The maximum atomic E-state index is 12.0. The molecule has 0 fully saturated rings. The lowest BCUT2D eigenvalue weighted by molar-refractivity contribution is 0.0525. The van der Waals surface area contributed by atoms with Gasteiger partial charge in [-0.25, -0.2) is 4.79 Å². The first-order valence-electron chi connectivity index (χ1n) is 7.13. The SMILES string of the molecule is CCOC(=O)c1ccccc1CSc1cccc2ccsc12. The topological polar surface area (TPSA) is 26.3 Å². The summed E-state index contributed by atoms with van der Waals surface area (Å²) in [6.07, 6.45) is 0. The molecular formula is C18H16O2S2. The van der Waals surface area contributed by atoms with E-state index in [-0.39, 0.29) is 5.97 Å². The van der Waals surface area contributed by atoms with E-state index in [0.29, 0.717) is 12.2 Å². The first-order valence-corrected chi connectivity index (χ1v) is 9.00. The van der Waals surface area contributed by atoms with Crippen LogP contribution in [0.25, 0.3) is 10.1 Å². The summed E-state index contributed by atoms with van der Waals surface area (Å²) in [7, 11) is 0. The van der Waals surface area contributed by atoms with Crippen molar-refractivity contribution in [3.63, 3.8) is 0 Å². The fraction of sp³-hybridized carbons (Fsp3) is 0.167. The predicted molar refractivity (Wildman–Crippen MR) is 93.8 cm³/mol. The number of hydrogen-bond donors (Lipinski definition) is 0. The molecule has 0 radical (unpaired) electrons. The van der Waals surface area contributed by atoms with E-state index in [1.165, 1.54) is 15.0 Å². The number of ether oxygens (including phenoxy) is 1. The van der Waals surface area contributed by atoms with Crippen molar-refractivity contribution in [3.8, 4) is 0 Å². The van der Waals surface area contributed by atoms with Crippen LogP contribution in [0.15, 0.2) is 58.8 Å². The maximum absolute atomic E-state index is 12.0. The zero-order chi connectivity index (χ0) is 15.4. The van der Waals surface area contributed by atoms with Crippen molar-refractivity contribution in [1.82, 2.24) is 0 Å². The van der Waals surface area contributed by atoms with Crippen LogP contribution in [0.2, 0.25) is 0 Å². The Kier molecular flexibility index (Phi) is 4.80. The van der Waals surface area contributed by atoms with E-state index in [9.17, 15) is 4.79 Å². The number of fused-ring (bicyclic) bond motifs is 1.